The second kappa shape index (κ2) is 5.52. The zero-order valence-corrected chi connectivity index (χ0v) is 8.84. The van der Waals surface area contributed by atoms with E-state index >= 15 is 0 Å². The van der Waals surface area contributed by atoms with E-state index in [1.165, 1.54) is 12.0 Å². The van der Waals surface area contributed by atoms with E-state index in [-0.39, 0.29) is 13.0 Å². The molecule has 0 aromatic heterocycles. The monoisotopic (exact) mass is 199 g/mol. The molecule has 2 heterocycles. The summed E-state index contributed by atoms with van der Waals surface area (Å²) in [7, 11) is 0. The molecule has 84 valence electrons. The Morgan fingerprint density at radius 3 is 2.64 bits per heavy atom. The Bertz CT molecular complexity index is 191. The van der Waals surface area contributed by atoms with Crippen LogP contribution in [0, 0.1) is 0 Å². The van der Waals surface area contributed by atoms with Gasteiger partial charge in [0, 0.05) is 12.1 Å². The lowest BCUT2D eigenvalue weighted by atomic mass is 9.94. The van der Waals surface area contributed by atoms with Crippen LogP contribution in [0.15, 0.2) is 12.2 Å². The van der Waals surface area contributed by atoms with Crippen LogP contribution in [0.2, 0.25) is 0 Å². The lowest BCUT2D eigenvalue weighted by molar-refractivity contribution is 0.1000. The Morgan fingerprint density at radius 1 is 1.50 bits per heavy atom. The zero-order chi connectivity index (χ0) is 9.90. The first kappa shape index (κ1) is 13.7. The van der Waals surface area contributed by atoms with E-state index < -0.39 is 0 Å². The molecule has 0 amide bonds. The molecule has 2 fully saturated rings. The van der Waals surface area contributed by atoms with Crippen molar-refractivity contribution in [3.63, 3.8) is 0 Å². The third-order valence-electron chi connectivity index (χ3n) is 3.03. The molecule has 2 aliphatic rings. The van der Waals surface area contributed by atoms with Crippen LogP contribution in [0.5, 0.6) is 0 Å². The van der Waals surface area contributed by atoms with Crippen LogP contribution < -0.4 is 0 Å². The molecular weight excluding hydrogens is 174 g/mol. The predicted octanol–water partition coefficient (Wildman–Crippen LogP) is 2.44. The largest absolute Gasteiger partial charge is 0.394 e. The molecular formula is C12H25NO. The number of nitrogens with zero attached hydrogens (tertiary/aromatic N) is 1. The van der Waals surface area contributed by atoms with E-state index in [0.29, 0.717) is 6.61 Å². The summed E-state index contributed by atoms with van der Waals surface area (Å²) >= 11 is 0. The highest BCUT2D eigenvalue weighted by molar-refractivity contribution is 5.17. The van der Waals surface area contributed by atoms with Crippen molar-refractivity contribution in [1.82, 2.24) is 4.90 Å². The van der Waals surface area contributed by atoms with Crippen LogP contribution in [0.1, 0.15) is 40.5 Å². The van der Waals surface area contributed by atoms with Crippen molar-refractivity contribution >= 4 is 0 Å². The second-order valence-corrected chi connectivity index (χ2v) is 3.83. The van der Waals surface area contributed by atoms with Crippen molar-refractivity contribution < 1.29 is 5.11 Å². The van der Waals surface area contributed by atoms with E-state index in [2.05, 4.69) is 11.5 Å². The fourth-order valence-corrected chi connectivity index (χ4v) is 2.47. The molecule has 0 spiro atoms. The minimum Gasteiger partial charge on any atom is -0.394 e. The van der Waals surface area contributed by atoms with Crippen LogP contribution in [0.3, 0.4) is 0 Å². The highest BCUT2D eigenvalue weighted by Gasteiger charge is 2.44. The van der Waals surface area contributed by atoms with Gasteiger partial charge in [-0.15, -0.1) is 0 Å². The summed E-state index contributed by atoms with van der Waals surface area (Å²) in [5.74, 6) is 0. The van der Waals surface area contributed by atoms with Gasteiger partial charge in [-0.2, -0.15) is 0 Å². The standard InChI is InChI=1S/C9H15NO.C2H6.CH4/c1-8-5-9(7-11)3-2-4-10(9)6-8;1-2;/h11H,1-7H2;1-2H3;1H4. The highest BCUT2D eigenvalue weighted by Crippen LogP contribution is 2.39. The number of hydrogen-bond donors (Lipinski definition) is 1. The van der Waals surface area contributed by atoms with Gasteiger partial charge in [0.2, 0.25) is 0 Å². The Hall–Kier alpha value is -0.340. The van der Waals surface area contributed by atoms with Gasteiger partial charge >= 0.3 is 0 Å². The van der Waals surface area contributed by atoms with Crippen LogP contribution in [0.4, 0.5) is 0 Å². The van der Waals surface area contributed by atoms with Gasteiger partial charge in [-0.1, -0.05) is 33.4 Å². The fraction of sp³-hybridized carbons (Fsp3) is 0.833. The molecule has 2 nitrogen and oxygen atoms in total. The van der Waals surface area contributed by atoms with Gasteiger partial charge in [0.1, 0.15) is 0 Å². The molecule has 0 radical (unpaired) electrons. The number of hydrogen-bond acceptors (Lipinski definition) is 2. The third kappa shape index (κ3) is 2.18. The maximum atomic E-state index is 9.26. The van der Waals surface area contributed by atoms with Gasteiger partial charge in [0.15, 0.2) is 0 Å². The van der Waals surface area contributed by atoms with Gasteiger partial charge in [0.05, 0.1) is 6.61 Å². The van der Waals surface area contributed by atoms with E-state index in [1.54, 1.807) is 0 Å². The minimum absolute atomic E-state index is 0. The Labute approximate surface area is 88.6 Å². The minimum atomic E-state index is 0. The Morgan fingerprint density at radius 2 is 2.14 bits per heavy atom. The van der Waals surface area contributed by atoms with Gasteiger partial charge in [-0.25, -0.2) is 0 Å². The van der Waals surface area contributed by atoms with Crippen molar-refractivity contribution in [1.29, 1.82) is 0 Å². The lowest BCUT2D eigenvalue weighted by Gasteiger charge is -2.28. The quantitative estimate of drug-likeness (QED) is 0.656. The molecule has 14 heavy (non-hydrogen) atoms. The topological polar surface area (TPSA) is 23.5 Å². The third-order valence-corrected chi connectivity index (χ3v) is 3.03. The molecule has 0 aromatic carbocycles. The molecule has 0 saturated carbocycles. The molecule has 2 saturated heterocycles. The molecule has 2 rings (SSSR count). The van der Waals surface area contributed by atoms with Crippen molar-refractivity contribution in [2.45, 2.75) is 46.1 Å². The number of aliphatic hydroxyl groups excluding tert-OH is 1. The summed E-state index contributed by atoms with van der Waals surface area (Å²) in [6, 6.07) is 0. The summed E-state index contributed by atoms with van der Waals surface area (Å²) in [4.78, 5) is 2.38. The predicted molar refractivity (Wildman–Crippen MR) is 62.5 cm³/mol. The second-order valence-electron chi connectivity index (χ2n) is 3.83. The molecule has 0 bridgehead atoms. The SMILES string of the molecule is C.C=C1CN2CCCC2(CO)C1.CC. The Balaban J connectivity index is 0.000000531. The van der Waals surface area contributed by atoms with Gasteiger partial charge in [-0.3, -0.25) is 4.90 Å². The summed E-state index contributed by atoms with van der Waals surface area (Å²) < 4.78 is 0. The van der Waals surface area contributed by atoms with Gasteiger partial charge in [-0.05, 0) is 25.8 Å². The van der Waals surface area contributed by atoms with E-state index in [9.17, 15) is 5.11 Å². The summed E-state index contributed by atoms with van der Waals surface area (Å²) in [5, 5.41) is 9.26. The zero-order valence-electron chi connectivity index (χ0n) is 8.84. The maximum absolute atomic E-state index is 9.26. The summed E-state index contributed by atoms with van der Waals surface area (Å²) in [6.07, 6.45) is 3.42. The van der Waals surface area contributed by atoms with E-state index in [4.69, 9.17) is 0 Å². The van der Waals surface area contributed by atoms with Crippen LogP contribution in [-0.4, -0.2) is 35.2 Å². The molecule has 0 aliphatic carbocycles. The average molecular weight is 199 g/mol. The van der Waals surface area contributed by atoms with Crippen molar-refractivity contribution in [2.24, 2.45) is 0 Å². The highest BCUT2D eigenvalue weighted by atomic mass is 16.3. The fourth-order valence-electron chi connectivity index (χ4n) is 2.47. The molecule has 1 N–H and O–H groups in total. The average Bonchev–Trinajstić information content (AvgIpc) is 2.64. The smallest absolute Gasteiger partial charge is 0.0618 e. The Kier molecular flexibility index (Phi) is 5.38. The van der Waals surface area contributed by atoms with Crippen LogP contribution in [-0.2, 0) is 0 Å². The number of rotatable bonds is 1. The first-order valence-corrected chi connectivity index (χ1v) is 5.29. The number of aliphatic hydroxyl groups is 1. The van der Waals surface area contributed by atoms with Crippen LogP contribution >= 0.6 is 0 Å². The van der Waals surface area contributed by atoms with Crippen molar-refractivity contribution in [2.75, 3.05) is 19.7 Å². The summed E-state index contributed by atoms with van der Waals surface area (Å²) in [6.45, 7) is 10.5. The normalized spacial score (nSPS) is 30.4. The van der Waals surface area contributed by atoms with Gasteiger partial charge < -0.3 is 5.11 Å². The first-order chi connectivity index (χ1) is 6.27. The van der Waals surface area contributed by atoms with Crippen LogP contribution in [0.25, 0.3) is 0 Å². The first-order valence-electron chi connectivity index (χ1n) is 5.29. The van der Waals surface area contributed by atoms with Gasteiger partial charge in [0.25, 0.3) is 0 Å². The van der Waals surface area contributed by atoms with E-state index in [1.807, 2.05) is 13.8 Å². The molecule has 2 aliphatic heterocycles. The molecule has 2 heteroatoms. The maximum Gasteiger partial charge on any atom is 0.0618 e. The van der Waals surface area contributed by atoms with Crippen molar-refractivity contribution in [3.8, 4) is 0 Å². The van der Waals surface area contributed by atoms with E-state index in [0.717, 1.165) is 25.9 Å². The molecule has 0 aromatic rings. The van der Waals surface area contributed by atoms with Crippen molar-refractivity contribution in [3.05, 3.63) is 12.2 Å². The number of fused-ring (bicyclic) bond motifs is 1. The molecule has 1 atom stereocenters. The lowest BCUT2D eigenvalue weighted by Crippen LogP contribution is -2.41. The summed E-state index contributed by atoms with van der Waals surface area (Å²) in [5.41, 5.74) is 1.40. The molecule has 1 unspecified atom stereocenters.